The Hall–Kier alpha value is -2.87. The maximum Gasteiger partial charge on any atom is 0.126 e. The maximum atomic E-state index is 5.62. The number of aromatic nitrogens is 1. The molecule has 1 unspecified atom stereocenters. The van der Waals surface area contributed by atoms with Crippen molar-refractivity contribution in [3.8, 4) is 16.9 Å². The normalized spacial score (nSPS) is 20.9. The summed E-state index contributed by atoms with van der Waals surface area (Å²) in [5.74, 6) is 2.42. The number of hydrogen-bond acceptors (Lipinski definition) is 6. The van der Waals surface area contributed by atoms with Gasteiger partial charge in [-0.3, -0.25) is 9.89 Å². The van der Waals surface area contributed by atoms with Crippen LogP contribution >= 0.6 is 0 Å². The number of nitrogens with one attached hydrogen (secondary N) is 2. The number of rotatable bonds is 8. The van der Waals surface area contributed by atoms with E-state index in [0.29, 0.717) is 5.92 Å². The first kappa shape index (κ1) is 23.9. The fourth-order valence-corrected chi connectivity index (χ4v) is 5.27. The number of H-pyrrole nitrogens is 1. The van der Waals surface area contributed by atoms with E-state index in [1.807, 2.05) is 12.1 Å². The second-order valence-corrected chi connectivity index (χ2v) is 10.1. The van der Waals surface area contributed by atoms with E-state index in [1.54, 1.807) is 7.11 Å². The van der Waals surface area contributed by atoms with Crippen molar-refractivity contribution in [2.75, 3.05) is 78.9 Å². The summed E-state index contributed by atoms with van der Waals surface area (Å²) in [5, 5.41) is 3.58. The van der Waals surface area contributed by atoms with Gasteiger partial charge in [0.1, 0.15) is 11.6 Å². The summed E-state index contributed by atoms with van der Waals surface area (Å²) in [6, 6.07) is 8.20. The molecule has 1 aromatic heterocycles. The number of benzene rings is 1. The van der Waals surface area contributed by atoms with Crippen molar-refractivity contribution >= 4 is 18.1 Å². The van der Waals surface area contributed by atoms with Gasteiger partial charge in [-0.1, -0.05) is 18.2 Å². The highest BCUT2D eigenvalue weighted by Gasteiger charge is 2.24. The van der Waals surface area contributed by atoms with Crippen LogP contribution in [0.25, 0.3) is 17.2 Å². The number of hydrogen-bond donors (Lipinski definition) is 2. The Balaban J connectivity index is 1.24. The Morgan fingerprint density at radius 2 is 1.86 bits per heavy atom. The van der Waals surface area contributed by atoms with Gasteiger partial charge in [-0.05, 0) is 43.8 Å². The van der Waals surface area contributed by atoms with Crippen LogP contribution in [0.4, 0.5) is 5.82 Å². The lowest BCUT2D eigenvalue weighted by Crippen LogP contribution is -2.49. The molecular formula is C28H38N6O. The van der Waals surface area contributed by atoms with Crippen LogP contribution in [0.2, 0.25) is 0 Å². The standard InChI is InChI=1S/C28H38N6O/c1-32(2)8-9-33-10-12-34(13-11-33)20-21-14-22(17-29-16-21)23-15-25-26(19-31-28(25)30-18-23)24-6-4-5-7-27(24)35-3/h4-7,15-17,19,21,30-31H,8-14,18,20H2,1-3H3. The van der Waals surface area contributed by atoms with Crippen LogP contribution < -0.4 is 10.1 Å². The van der Waals surface area contributed by atoms with Crippen LogP contribution in [0, 0.1) is 5.92 Å². The van der Waals surface area contributed by atoms with Gasteiger partial charge in [0.15, 0.2) is 0 Å². The van der Waals surface area contributed by atoms with Crippen LogP contribution in [-0.2, 0) is 0 Å². The van der Waals surface area contributed by atoms with E-state index in [-0.39, 0.29) is 0 Å². The Kier molecular flexibility index (Phi) is 7.37. The van der Waals surface area contributed by atoms with Crippen molar-refractivity contribution in [1.29, 1.82) is 0 Å². The Morgan fingerprint density at radius 3 is 2.66 bits per heavy atom. The summed E-state index contributed by atoms with van der Waals surface area (Å²) < 4.78 is 5.62. The lowest BCUT2D eigenvalue weighted by atomic mass is 9.90. The molecule has 3 aliphatic heterocycles. The molecule has 0 amide bonds. The van der Waals surface area contributed by atoms with Gasteiger partial charge in [0.25, 0.3) is 0 Å². The van der Waals surface area contributed by atoms with Crippen LogP contribution in [-0.4, -0.2) is 99.5 Å². The van der Waals surface area contributed by atoms with Gasteiger partial charge in [0.05, 0.1) is 7.11 Å². The number of nitrogens with zero attached hydrogens (tertiary/aromatic N) is 4. The molecule has 1 atom stereocenters. The van der Waals surface area contributed by atoms with Gasteiger partial charge in [-0.2, -0.15) is 0 Å². The number of aliphatic imine (C=N–C) groups is 1. The van der Waals surface area contributed by atoms with Crippen LogP contribution in [0.3, 0.4) is 0 Å². The minimum Gasteiger partial charge on any atom is -0.496 e. The largest absolute Gasteiger partial charge is 0.496 e. The second-order valence-electron chi connectivity index (χ2n) is 10.1. The molecule has 4 heterocycles. The van der Waals surface area contributed by atoms with Crippen molar-refractivity contribution in [2.24, 2.45) is 10.9 Å². The minimum atomic E-state index is 0.463. The molecule has 0 spiro atoms. The molecule has 1 saturated heterocycles. The predicted molar refractivity (Wildman–Crippen MR) is 145 cm³/mol. The van der Waals surface area contributed by atoms with Gasteiger partial charge in [0.2, 0.25) is 0 Å². The van der Waals surface area contributed by atoms with Crippen LogP contribution in [0.1, 0.15) is 12.0 Å². The van der Waals surface area contributed by atoms with E-state index in [9.17, 15) is 0 Å². The van der Waals surface area contributed by atoms with Gasteiger partial charge < -0.3 is 24.8 Å². The third-order valence-corrected chi connectivity index (χ3v) is 7.33. The monoisotopic (exact) mass is 474 g/mol. The molecule has 3 aliphatic rings. The number of aromatic amines is 1. The average molecular weight is 475 g/mol. The van der Waals surface area contributed by atoms with Crippen LogP contribution in [0.15, 0.2) is 52.8 Å². The van der Waals surface area contributed by atoms with Crippen LogP contribution in [0.5, 0.6) is 5.75 Å². The molecule has 7 nitrogen and oxygen atoms in total. The van der Waals surface area contributed by atoms with Crippen molar-refractivity contribution in [1.82, 2.24) is 19.7 Å². The van der Waals surface area contributed by atoms with E-state index in [1.165, 1.54) is 16.7 Å². The summed E-state index contributed by atoms with van der Waals surface area (Å²) in [4.78, 5) is 15.5. The zero-order valence-corrected chi connectivity index (χ0v) is 21.3. The minimum absolute atomic E-state index is 0.463. The molecule has 1 fully saturated rings. The van der Waals surface area contributed by atoms with E-state index in [2.05, 4.69) is 80.9 Å². The molecule has 5 rings (SSSR count). The summed E-state index contributed by atoms with van der Waals surface area (Å²) >= 11 is 0. The Morgan fingerprint density at radius 1 is 1.06 bits per heavy atom. The molecule has 0 saturated carbocycles. The lowest BCUT2D eigenvalue weighted by Gasteiger charge is -2.36. The first-order chi connectivity index (χ1) is 17.1. The first-order valence-corrected chi connectivity index (χ1v) is 12.7. The van der Waals surface area contributed by atoms with E-state index >= 15 is 0 Å². The van der Waals surface area contributed by atoms with Crippen molar-refractivity contribution in [3.05, 3.63) is 53.4 Å². The number of anilines is 1. The highest BCUT2D eigenvalue weighted by molar-refractivity contribution is 5.88. The zero-order chi connectivity index (χ0) is 24.2. The SMILES string of the molecule is COc1ccccc1-c1c[nH]c2c1C=C(C1=CN=CC(CN3CCN(CCN(C)C)CC3)C1)CN2. The molecule has 0 radical (unpaired) electrons. The Labute approximate surface area is 209 Å². The fraction of sp³-hybridized carbons (Fsp3) is 0.464. The summed E-state index contributed by atoms with van der Waals surface area (Å²) in [6.45, 7) is 8.83. The number of fused-ring (bicyclic) bond motifs is 1. The highest BCUT2D eigenvalue weighted by Crippen LogP contribution is 2.39. The van der Waals surface area contributed by atoms with Gasteiger partial charge in [-0.15, -0.1) is 0 Å². The van der Waals surface area contributed by atoms with E-state index in [0.717, 1.165) is 81.5 Å². The van der Waals surface area contributed by atoms with Gasteiger partial charge in [0, 0.05) is 93.6 Å². The summed E-state index contributed by atoms with van der Waals surface area (Å²) in [6.07, 6.45) is 9.66. The molecule has 0 aliphatic carbocycles. The smallest absolute Gasteiger partial charge is 0.126 e. The van der Waals surface area contributed by atoms with E-state index in [4.69, 9.17) is 4.74 Å². The fourth-order valence-electron chi connectivity index (χ4n) is 5.27. The molecule has 0 bridgehead atoms. The summed E-state index contributed by atoms with van der Waals surface area (Å²) in [7, 11) is 6.03. The first-order valence-electron chi connectivity index (χ1n) is 12.7. The maximum absolute atomic E-state index is 5.62. The van der Waals surface area contributed by atoms with Crippen molar-refractivity contribution in [3.63, 3.8) is 0 Å². The summed E-state index contributed by atoms with van der Waals surface area (Å²) in [5.41, 5.74) is 6.11. The topological polar surface area (TPSA) is 59.1 Å². The average Bonchev–Trinajstić information content (AvgIpc) is 3.31. The van der Waals surface area contributed by atoms with Crippen molar-refractivity contribution in [2.45, 2.75) is 6.42 Å². The lowest BCUT2D eigenvalue weighted by molar-refractivity contribution is 0.119. The number of likely N-dealkylation sites (N-methyl/N-ethyl adjacent to an activating group) is 1. The van der Waals surface area contributed by atoms with Gasteiger partial charge in [-0.25, -0.2) is 0 Å². The molecule has 7 heteroatoms. The third kappa shape index (κ3) is 5.53. The molecule has 2 N–H and O–H groups in total. The highest BCUT2D eigenvalue weighted by atomic mass is 16.5. The number of methoxy groups -OCH3 is 1. The van der Waals surface area contributed by atoms with Crippen molar-refractivity contribution < 1.29 is 4.74 Å². The molecule has 1 aromatic carbocycles. The molecular weight excluding hydrogens is 436 g/mol. The molecule has 35 heavy (non-hydrogen) atoms. The third-order valence-electron chi connectivity index (χ3n) is 7.33. The number of para-hydroxylation sites is 1. The van der Waals surface area contributed by atoms with E-state index < -0.39 is 0 Å². The molecule has 2 aromatic rings. The predicted octanol–water partition coefficient (Wildman–Crippen LogP) is 3.65. The number of piperazine rings is 1. The zero-order valence-electron chi connectivity index (χ0n) is 21.3. The molecule has 186 valence electrons. The second kappa shape index (κ2) is 10.8. The number of ether oxygens (including phenoxy) is 1. The Bertz CT molecular complexity index is 1110. The quantitative estimate of drug-likeness (QED) is 0.612. The van der Waals surface area contributed by atoms with Gasteiger partial charge >= 0.3 is 0 Å².